The molecule has 1 atom stereocenters. The van der Waals surface area contributed by atoms with Gasteiger partial charge in [-0.2, -0.15) is 0 Å². The molecule has 0 saturated carbocycles. The molecule has 17 heavy (non-hydrogen) atoms. The number of nitrogens with two attached hydrogens (primary N) is 1. The minimum Gasteiger partial charge on any atom is -0.329 e. The van der Waals surface area contributed by atoms with E-state index in [0.29, 0.717) is 6.54 Å². The second-order valence-corrected chi connectivity index (χ2v) is 5.14. The summed E-state index contributed by atoms with van der Waals surface area (Å²) >= 11 is 0. The third kappa shape index (κ3) is 4.14. The van der Waals surface area contributed by atoms with Crippen LogP contribution in [0.5, 0.6) is 0 Å². The Morgan fingerprint density at radius 3 is 2.41 bits per heavy atom. The van der Waals surface area contributed by atoms with Crippen LogP contribution in [-0.4, -0.2) is 30.6 Å². The van der Waals surface area contributed by atoms with Crippen LogP contribution in [0.4, 0.5) is 0 Å². The molecule has 1 aromatic carbocycles. The lowest BCUT2D eigenvalue weighted by molar-refractivity contribution is 0.142. The van der Waals surface area contributed by atoms with Crippen LogP contribution in [-0.2, 0) is 6.42 Å². The first-order valence-corrected chi connectivity index (χ1v) is 6.57. The highest BCUT2D eigenvalue weighted by atomic mass is 15.2. The van der Waals surface area contributed by atoms with Crippen molar-refractivity contribution in [1.29, 1.82) is 0 Å². The molecule has 0 aliphatic rings. The van der Waals surface area contributed by atoms with E-state index in [4.69, 9.17) is 5.73 Å². The Morgan fingerprint density at radius 2 is 1.88 bits per heavy atom. The van der Waals surface area contributed by atoms with Gasteiger partial charge in [-0.15, -0.1) is 0 Å². The van der Waals surface area contributed by atoms with Crippen molar-refractivity contribution in [3.8, 4) is 0 Å². The molecule has 0 radical (unpaired) electrons. The van der Waals surface area contributed by atoms with Crippen molar-refractivity contribution in [2.75, 3.05) is 20.1 Å². The van der Waals surface area contributed by atoms with Crippen molar-refractivity contribution < 1.29 is 0 Å². The summed E-state index contributed by atoms with van der Waals surface area (Å²) in [4.78, 5) is 2.41. The Labute approximate surface area is 106 Å². The van der Waals surface area contributed by atoms with E-state index in [2.05, 4.69) is 56.1 Å². The lowest BCUT2D eigenvalue weighted by Gasteiger charge is -2.38. The highest BCUT2D eigenvalue weighted by molar-refractivity contribution is 5.17. The predicted molar refractivity (Wildman–Crippen MR) is 75.1 cm³/mol. The molecule has 2 nitrogen and oxygen atoms in total. The molecule has 0 aliphatic carbocycles. The van der Waals surface area contributed by atoms with Crippen molar-refractivity contribution in [2.45, 2.75) is 38.6 Å². The van der Waals surface area contributed by atoms with Crippen LogP contribution >= 0.6 is 0 Å². The summed E-state index contributed by atoms with van der Waals surface area (Å²) in [5, 5.41) is 0. The molecule has 2 heteroatoms. The van der Waals surface area contributed by atoms with Crippen LogP contribution in [0.15, 0.2) is 30.3 Å². The monoisotopic (exact) mass is 234 g/mol. The minimum atomic E-state index is 0.0660. The summed E-state index contributed by atoms with van der Waals surface area (Å²) in [6.07, 6.45) is 3.49. The molecule has 0 amide bonds. The quantitative estimate of drug-likeness (QED) is 0.786. The van der Waals surface area contributed by atoms with Gasteiger partial charge < -0.3 is 5.73 Å². The van der Waals surface area contributed by atoms with Crippen LogP contribution in [0.3, 0.4) is 0 Å². The lowest BCUT2D eigenvalue weighted by atomic mass is 9.91. The van der Waals surface area contributed by atoms with Gasteiger partial charge in [0.05, 0.1) is 0 Å². The molecule has 96 valence electrons. The van der Waals surface area contributed by atoms with Crippen LogP contribution in [0, 0.1) is 0 Å². The van der Waals surface area contributed by atoms with Gasteiger partial charge in [-0.05, 0) is 38.9 Å². The largest absolute Gasteiger partial charge is 0.329 e. The zero-order chi connectivity index (χ0) is 12.7. The number of likely N-dealkylation sites (N-methyl/N-ethyl adjacent to an activating group) is 1. The molecular formula is C15H26N2. The number of unbranched alkanes of at least 4 members (excludes halogenated alkanes) is 1. The van der Waals surface area contributed by atoms with Gasteiger partial charge in [0.15, 0.2) is 0 Å². The molecular weight excluding hydrogens is 208 g/mol. The molecule has 0 heterocycles. The third-order valence-corrected chi connectivity index (χ3v) is 3.64. The van der Waals surface area contributed by atoms with Crippen molar-refractivity contribution in [3.05, 3.63) is 35.9 Å². The van der Waals surface area contributed by atoms with E-state index in [0.717, 1.165) is 13.0 Å². The Balaban J connectivity index is 2.67. The molecule has 1 aromatic rings. The zero-order valence-corrected chi connectivity index (χ0v) is 11.4. The first-order chi connectivity index (χ1) is 8.12. The van der Waals surface area contributed by atoms with Crippen molar-refractivity contribution in [3.63, 3.8) is 0 Å². The summed E-state index contributed by atoms with van der Waals surface area (Å²) < 4.78 is 0. The maximum atomic E-state index is 5.99. The fourth-order valence-electron chi connectivity index (χ4n) is 2.06. The maximum Gasteiger partial charge on any atom is 0.0340 e. The highest BCUT2D eigenvalue weighted by Crippen LogP contribution is 2.19. The maximum absolute atomic E-state index is 5.99. The van der Waals surface area contributed by atoms with E-state index in [-0.39, 0.29) is 5.54 Å². The van der Waals surface area contributed by atoms with Gasteiger partial charge in [0.2, 0.25) is 0 Å². The molecule has 1 rings (SSSR count). The van der Waals surface area contributed by atoms with Gasteiger partial charge in [0, 0.05) is 12.1 Å². The van der Waals surface area contributed by atoms with E-state index in [9.17, 15) is 0 Å². The van der Waals surface area contributed by atoms with E-state index in [1.165, 1.54) is 18.4 Å². The van der Waals surface area contributed by atoms with Gasteiger partial charge in [-0.3, -0.25) is 4.90 Å². The minimum absolute atomic E-state index is 0.0660. The number of nitrogens with zero attached hydrogens (tertiary/aromatic N) is 1. The number of benzene rings is 1. The molecule has 2 N–H and O–H groups in total. The van der Waals surface area contributed by atoms with Crippen LogP contribution in [0.2, 0.25) is 0 Å². The molecule has 0 spiro atoms. The molecule has 0 bridgehead atoms. The Bertz CT molecular complexity index is 310. The fraction of sp³-hybridized carbons (Fsp3) is 0.600. The third-order valence-electron chi connectivity index (χ3n) is 3.64. The molecule has 0 aliphatic heterocycles. The Hall–Kier alpha value is -0.860. The summed E-state index contributed by atoms with van der Waals surface area (Å²) in [6.45, 7) is 6.31. The van der Waals surface area contributed by atoms with Gasteiger partial charge >= 0.3 is 0 Å². The van der Waals surface area contributed by atoms with E-state index in [1.54, 1.807) is 0 Å². The topological polar surface area (TPSA) is 29.3 Å². The molecule has 0 aromatic heterocycles. The standard InChI is InChI=1S/C15H26N2/c1-4-5-11-17(3)15(2,13-16)12-14-9-7-6-8-10-14/h6-10H,4-5,11-13,16H2,1-3H3. The highest BCUT2D eigenvalue weighted by Gasteiger charge is 2.27. The Morgan fingerprint density at radius 1 is 1.24 bits per heavy atom. The second kappa shape index (κ2) is 6.77. The van der Waals surface area contributed by atoms with Crippen LogP contribution in [0.1, 0.15) is 32.3 Å². The van der Waals surface area contributed by atoms with E-state index in [1.807, 2.05) is 0 Å². The smallest absolute Gasteiger partial charge is 0.0340 e. The predicted octanol–water partition coefficient (Wildman–Crippen LogP) is 2.68. The van der Waals surface area contributed by atoms with Crippen LogP contribution < -0.4 is 5.73 Å². The molecule has 0 saturated heterocycles. The summed E-state index contributed by atoms with van der Waals surface area (Å²) in [5.74, 6) is 0. The zero-order valence-electron chi connectivity index (χ0n) is 11.4. The number of rotatable bonds is 7. The number of hydrogen-bond acceptors (Lipinski definition) is 2. The first-order valence-electron chi connectivity index (χ1n) is 6.57. The summed E-state index contributed by atoms with van der Waals surface area (Å²) in [6, 6.07) is 10.6. The average molecular weight is 234 g/mol. The second-order valence-electron chi connectivity index (χ2n) is 5.14. The Kier molecular flexibility index (Phi) is 5.66. The SMILES string of the molecule is CCCCN(C)C(C)(CN)Cc1ccccc1. The van der Waals surface area contributed by atoms with E-state index >= 15 is 0 Å². The normalized spacial score (nSPS) is 14.9. The van der Waals surface area contributed by atoms with E-state index < -0.39 is 0 Å². The summed E-state index contributed by atoms with van der Waals surface area (Å²) in [7, 11) is 2.19. The van der Waals surface area contributed by atoms with Crippen molar-refractivity contribution in [2.24, 2.45) is 5.73 Å². The first kappa shape index (κ1) is 14.2. The molecule has 0 fully saturated rings. The van der Waals surface area contributed by atoms with Gasteiger partial charge in [0.25, 0.3) is 0 Å². The van der Waals surface area contributed by atoms with Crippen LogP contribution in [0.25, 0.3) is 0 Å². The molecule has 1 unspecified atom stereocenters. The summed E-state index contributed by atoms with van der Waals surface area (Å²) in [5.41, 5.74) is 7.42. The lowest BCUT2D eigenvalue weighted by Crippen LogP contribution is -2.51. The van der Waals surface area contributed by atoms with Crippen molar-refractivity contribution >= 4 is 0 Å². The van der Waals surface area contributed by atoms with Gasteiger partial charge in [-0.25, -0.2) is 0 Å². The number of hydrogen-bond donors (Lipinski definition) is 1. The average Bonchev–Trinajstić information content (AvgIpc) is 2.36. The van der Waals surface area contributed by atoms with Gasteiger partial charge in [0.1, 0.15) is 0 Å². The van der Waals surface area contributed by atoms with Gasteiger partial charge in [-0.1, -0.05) is 43.7 Å². The fourth-order valence-corrected chi connectivity index (χ4v) is 2.06. The van der Waals surface area contributed by atoms with Crippen molar-refractivity contribution in [1.82, 2.24) is 4.90 Å².